The third-order valence-electron chi connectivity index (χ3n) is 2.31. The molecule has 0 aliphatic rings. The van der Waals surface area contributed by atoms with Gasteiger partial charge in [-0.1, -0.05) is 12.1 Å². The summed E-state index contributed by atoms with van der Waals surface area (Å²) in [6.07, 6.45) is 0. The summed E-state index contributed by atoms with van der Waals surface area (Å²) >= 11 is 0. The van der Waals surface area contributed by atoms with Crippen LogP contribution in [0.15, 0.2) is 24.3 Å². The number of carbonyl (C=O) groups excluding carboxylic acids is 1. The smallest absolute Gasteiger partial charge is 0.319 e. The van der Waals surface area contributed by atoms with Crippen molar-refractivity contribution in [2.75, 3.05) is 13.2 Å². The molecule has 1 aromatic carbocycles. The number of ether oxygens (including phenoxy) is 1. The van der Waals surface area contributed by atoms with E-state index < -0.39 is 0 Å². The van der Waals surface area contributed by atoms with E-state index in [2.05, 4.69) is 15.3 Å². The Bertz CT molecular complexity index is 474. The highest BCUT2D eigenvalue weighted by atomic mass is 16.5. The maximum atomic E-state index is 11.1. The van der Waals surface area contributed by atoms with Gasteiger partial charge in [0.15, 0.2) is 0 Å². The second-order valence-electron chi connectivity index (χ2n) is 3.61. The fraction of sp³-hybridized carbons (Fsp3) is 0.333. The highest BCUT2D eigenvalue weighted by Gasteiger charge is 2.03. The molecule has 2 aromatic rings. The van der Waals surface area contributed by atoms with Crippen molar-refractivity contribution in [1.29, 1.82) is 0 Å². The lowest BCUT2D eigenvalue weighted by molar-refractivity contribution is -0.142. The van der Waals surface area contributed by atoms with Crippen LogP contribution in [0.5, 0.6) is 0 Å². The van der Waals surface area contributed by atoms with E-state index in [1.807, 2.05) is 24.3 Å². The first-order valence-corrected chi connectivity index (χ1v) is 5.59. The van der Waals surface area contributed by atoms with Crippen LogP contribution < -0.4 is 5.32 Å². The first-order valence-electron chi connectivity index (χ1n) is 5.59. The van der Waals surface area contributed by atoms with E-state index in [1.54, 1.807) is 6.92 Å². The highest BCUT2D eigenvalue weighted by molar-refractivity contribution is 5.74. The van der Waals surface area contributed by atoms with E-state index in [9.17, 15) is 4.79 Å². The van der Waals surface area contributed by atoms with Crippen LogP contribution in [0.2, 0.25) is 0 Å². The summed E-state index contributed by atoms with van der Waals surface area (Å²) in [6, 6.07) is 7.81. The Morgan fingerprint density at radius 2 is 2.29 bits per heavy atom. The highest BCUT2D eigenvalue weighted by Crippen LogP contribution is 2.09. The van der Waals surface area contributed by atoms with Crippen molar-refractivity contribution in [2.45, 2.75) is 13.5 Å². The molecule has 0 aliphatic carbocycles. The van der Waals surface area contributed by atoms with E-state index in [1.165, 1.54) is 0 Å². The fourth-order valence-corrected chi connectivity index (χ4v) is 1.58. The first kappa shape index (κ1) is 11.6. The number of nitrogens with one attached hydrogen (secondary N) is 2. The standard InChI is InChI=1S/C12H15N3O2/c1-2-17-12(16)8-13-7-11-14-9-5-3-4-6-10(9)15-11/h3-6,13H,2,7-8H2,1H3,(H,14,15). The molecule has 0 bridgehead atoms. The number of para-hydroxylation sites is 2. The van der Waals surface area contributed by atoms with Crippen LogP contribution >= 0.6 is 0 Å². The van der Waals surface area contributed by atoms with E-state index in [0.717, 1.165) is 16.9 Å². The van der Waals surface area contributed by atoms with Crippen molar-refractivity contribution in [3.63, 3.8) is 0 Å². The molecule has 0 aliphatic heterocycles. The SMILES string of the molecule is CCOC(=O)CNCc1nc2ccccc2[nH]1. The van der Waals surface area contributed by atoms with Crippen molar-refractivity contribution in [2.24, 2.45) is 0 Å². The second kappa shape index (κ2) is 5.45. The van der Waals surface area contributed by atoms with Crippen LogP contribution in [0.3, 0.4) is 0 Å². The molecule has 1 heterocycles. The second-order valence-corrected chi connectivity index (χ2v) is 3.61. The molecular formula is C12H15N3O2. The number of esters is 1. The predicted molar refractivity (Wildman–Crippen MR) is 64.4 cm³/mol. The van der Waals surface area contributed by atoms with Gasteiger partial charge in [-0.15, -0.1) is 0 Å². The third-order valence-corrected chi connectivity index (χ3v) is 2.31. The minimum atomic E-state index is -0.247. The molecule has 1 aromatic heterocycles. The van der Waals surface area contributed by atoms with Gasteiger partial charge in [0.25, 0.3) is 0 Å². The lowest BCUT2D eigenvalue weighted by atomic mass is 10.3. The number of aromatic nitrogens is 2. The molecule has 2 rings (SSSR count). The number of H-pyrrole nitrogens is 1. The van der Waals surface area contributed by atoms with Crippen molar-refractivity contribution in [1.82, 2.24) is 15.3 Å². The molecule has 5 nitrogen and oxygen atoms in total. The van der Waals surface area contributed by atoms with Crippen molar-refractivity contribution < 1.29 is 9.53 Å². The van der Waals surface area contributed by atoms with Gasteiger partial charge in [0.1, 0.15) is 5.82 Å². The van der Waals surface area contributed by atoms with Crippen LogP contribution in [0.25, 0.3) is 11.0 Å². The maximum absolute atomic E-state index is 11.1. The van der Waals surface area contributed by atoms with Crippen molar-refractivity contribution >= 4 is 17.0 Å². The van der Waals surface area contributed by atoms with Gasteiger partial charge in [-0.2, -0.15) is 0 Å². The van der Waals surface area contributed by atoms with Crippen LogP contribution in [-0.4, -0.2) is 29.1 Å². The Labute approximate surface area is 99.2 Å². The largest absolute Gasteiger partial charge is 0.465 e. The quantitative estimate of drug-likeness (QED) is 0.762. The zero-order valence-electron chi connectivity index (χ0n) is 9.69. The zero-order valence-corrected chi connectivity index (χ0v) is 9.69. The Hall–Kier alpha value is -1.88. The fourth-order valence-electron chi connectivity index (χ4n) is 1.58. The van der Waals surface area contributed by atoms with Crippen LogP contribution in [-0.2, 0) is 16.1 Å². The Kier molecular flexibility index (Phi) is 3.72. The van der Waals surface area contributed by atoms with Gasteiger partial charge >= 0.3 is 5.97 Å². The Morgan fingerprint density at radius 1 is 1.47 bits per heavy atom. The molecule has 0 saturated heterocycles. The summed E-state index contributed by atoms with van der Waals surface area (Å²) < 4.78 is 4.81. The molecule has 2 N–H and O–H groups in total. The molecule has 0 unspecified atom stereocenters. The average Bonchev–Trinajstić information content (AvgIpc) is 2.71. The summed E-state index contributed by atoms with van der Waals surface area (Å²) in [4.78, 5) is 18.7. The molecule has 0 saturated carbocycles. The van der Waals surface area contributed by atoms with Crippen LogP contribution in [0.1, 0.15) is 12.7 Å². The molecule has 0 amide bonds. The van der Waals surface area contributed by atoms with Gasteiger partial charge in [-0.3, -0.25) is 10.1 Å². The summed E-state index contributed by atoms with van der Waals surface area (Å²) in [5.41, 5.74) is 1.93. The summed E-state index contributed by atoms with van der Waals surface area (Å²) in [5, 5.41) is 2.98. The lowest BCUT2D eigenvalue weighted by Crippen LogP contribution is -2.24. The van der Waals surface area contributed by atoms with Gasteiger partial charge < -0.3 is 9.72 Å². The minimum absolute atomic E-state index is 0.199. The maximum Gasteiger partial charge on any atom is 0.319 e. The third kappa shape index (κ3) is 3.04. The number of aromatic amines is 1. The van der Waals surface area contributed by atoms with E-state index in [4.69, 9.17) is 4.74 Å². The number of benzene rings is 1. The lowest BCUT2D eigenvalue weighted by Gasteiger charge is -2.02. The van der Waals surface area contributed by atoms with Crippen LogP contribution in [0.4, 0.5) is 0 Å². The number of nitrogens with zero attached hydrogens (tertiary/aromatic N) is 1. The van der Waals surface area contributed by atoms with Gasteiger partial charge in [0.05, 0.1) is 30.7 Å². The summed E-state index contributed by atoms with van der Waals surface area (Å²) in [7, 11) is 0. The molecular weight excluding hydrogens is 218 g/mol. The van der Waals surface area contributed by atoms with Crippen molar-refractivity contribution in [3.8, 4) is 0 Å². The normalized spacial score (nSPS) is 10.6. The van der Waals surface area contributed by atoms with Gasteiger partial charge in [-0.25, -0.2) is 4.98 Å². The van der Waals surface area contributed by atoms with E-state index >= 15 is 0 Å². The first-order chi connectivity index (χ1) is 8.29. The molecule has 0 radical (unpaired) electrons. The number of fused-ring (bicyclic) bond motifs is 1. The number of imidazole rings is 1. The topological polar surface area (TPSA) is 67.0 Å². The minimum Gasteiger partial charge on any atom is -0.465 e. The number of hydrogen-bond acceptors (Lipinski definition) is 4. The Balaban J connectivity index is 1.89. The molecule has 17 heavy (non-hydrogen) atoms. The summed E-state index contributed by atoms with van der Waals surface area (Å²) in [6.45, 7) is 2.92. The predicted octanol–water partition coefficient (Wildman–Crippen LogP) is 1.22. The van der Waals surface area contributed by atoms with Crippen molar-refractivity contribution in [3.05, 3.63) is 30.1 Å². The van der Waals surface area contributed by atoms with Gasteiger partial charge in [0.2, 0.25) is 0 Å². The van der Waals surface area contributed by atoms with E-state index in [0.29, 0.717) is 13.2 Å². The van der Waals surface area contributed by atoms with Gasteiger partial charge in [-0.05, 0) is 19.1 Å². The molecule has 0 spiro atoms. The molecule has 5 heteroatoms. The molecule has 0 atom stereocenters. The number of carbonyl (C=O) groups is 1. The molecule has 0 fully saturated rings. The number of hydrogen-bond donors (Lipinski definition) is 2. The number of rotatable bonds is 5. The molecule has 90 valence electrons. The average molecular weight is 233 g/mol. The zero-order chi connectivity index (χ0) is 12.1. The van der Waals surface area contributed by atoms with Crippen LogP contribution in [0, 0.1) is 0 Å². The monoisotopic (exact) mass is 233 g/mol. The van der Waals surface area contributed by atoms with Gasteiger partial charge in [0, 0.05) is 0 Å². The summed E-state index contributed by atoms with van der Waals surface area (Å²) in [5.74, 6) is 0.569. The Morgan fingerprint density at radius 3 is 3.06 bits per heavy atom. The van der Waals surface area contributed by atoms with E-state index in [-0.39, 0.29) is 12.5 Å².